The van der Waals surface area contributed by atoms with E-state index in [1.54, 1.807) is 0 Å². The van der Waals surface area contributed by atoms with Gasteiger partial charge >= 0.3 is 0 Å². The summed E-state index contributed by atoms with van der Waals surface area (Å²) in [6.45, 7) is 3.83. The Hall–Kier alpha value is -1.29. The summed E-state index contributed by atoms with van der Waals surface area (Å²) in [7, 11) is 0. The minimum absolute atomic E-state index is 0.0439. The molecule has 0 aliphatic carbocycles. The first-order valence-electron chi connectivity index (χ1n) is 5.06. The van der Waals surface area contributed by atoms with Crippen molar-refractivity contribution in [2.75, 3.05) is 5.88 Å². The molecule has 0 spiro atoms. The summed E-state index contributed by atoms with van der Waals surface area (Å²) < 4.78 is 0. The Morgan fingerprint density at radius 2 is 2.31 bits per heavy atom. The highest BCUT2D eigenvalue weighted by Crippen LogP contribution is 2.14. The second-order valence-corrected chi connectivity index (χ2v) is 4.10. The number of nitrogens with one attached hydrogen (secondary N) is 1. The molecule has 1 heterocycles. The summed E-state index contributed by atoms with van der Waals surface area (Å²) in [5, 5.41) is 12.2. The minimum atomic E-state index is -0.315. The van der Waals surface area contributed by atoms with E-state index in [0.717, 1.165) is 0 Å². The van der Waals surface area contributed by atoms with Crippen LogP contribution in [0.1, 0.15) is 24.2 Å². The lowest BCUT2D eigenvalue weighted by Crippen LogP contribution is -2.37. The molecule has 5 heteroatoms. The molecular weight excluding hydrogens is 228 g/mol. The second-order valence-electron chi connectivity index (χ2n) is 3.79. The highest BCUT2D eigenvalue weighted by molar-refractivity contribution is 6.18. The second kappa shape index (κ2) is 5.70. The van der Waals surface area contributed by atoms with Gasteiger partial charge < -0.3 is 10.4 Å². The van der Waals surface area contributed by atoms with E-state index in [4.69, 9.17) is 11.6 Å². The van der Waals surface area contributed by atoms with Crippen molar-refractivity contribution in [2.45, 2.75) is 19.9 Å². The molecule has 4 nitrogen and oxygen atoms in total. The smallest absolute Gasteiger partial charge is 0.255 e. The predicted octanol–water partition coefficient (Wildman–Crippen LogP) is 1.78. The lowest BCUT2D eigenvalue weighted by Gasteiger charge is -2.19. The van der Waals surface area contributed by atoms with Crippen molar-refractivity contribution in [3.05, 3.63) is 24.0 Å². The van der Waals surface area contributed by atoms with Crippen molar-refractivity contribution in [3.8, 4) is 5.75 Å². The topological polar surface area (TPSA) is 62.2 Å². The molecule has 0 fully saturated rings. The first-order valence-corrected chi connectivity index (χ1v) is 5.59. The Balaban J connectivity index is 2.70. The van der Waals surface area contributed by atoms with Gasteiger partial charge in [-0.2, -0.15) is 0 Å². The van der Waals surface area contributed by atoms with Gasteiger partial charge in [0.05, 0.1) is 11.8 Å². The summed E-state index contributed by atoms with van der Waals surface area (Å²) in [5.41, 5.74) is 0.226. The fraction of sp³-hybridized carbons (Fsp3) is 0.455. The maximum absolute atomic E-state index is 11.8. The average Bonchev–Trinajstić information content (AvgIpc) is 2.28. The molecule has 1 aromatic heterocycles. The highest BCUT2D eigenvalue weighted by atomic mass is 35.5. The molecule has 0 aliphatic rings. The monoisotopic (exact) mass is 242 g/mol. The van der Waals surface area contributed by atoms with Crippen LogP contribution in [0.25, 0.3) is 0 Å². The maximum atomic E-state index is 11.8. The predicted molar refractivity (Wildman–Crippen MR) is 62.7 cm³/mol. The van der Waals surface area contributed by atoms with Crippen molar-refractivity contribution < 1.29 is 9.90 Å². The maximum Gasteiger partial charge on any atom is 0.255 e. The van der Waals surface area contributed by atoms with Gasteiger partial charge in [-0.3, -0.25) is 9.78 Å². The fourth-order valence-electron chi connectivity index (χ4n) is 1.14. The number of hydrogen-bond acceptors (Lipinski definition) is 3. The summed E-state index contributed by atoms with van der Waals surface area (Å²) in [4.78, 5) is 15.5. The Bertz CT molecular complexity index is 371. The fourth-order valence-corrected chi connectivity index (χ4v) is 1.41. The zero-order valence-corrected chi connectivity index (χ0v) is 10.0. The molecule has 0 bridgehead atoms. The third-order valence-corrected chi connectivity index (χ3v) is 2.99. The zero-order valence-electron chi connectivity index (χ0n) is 9.27. The van der Waals surface area contributed by atoms with E-state index in [2.05, 4.69) is 10.3 Å². The number of carbonyl (C=O) groups excluding carboxylic acids is 1. The van der Waals surface area contributed by atoms with Gasteiger partial charge in [0.1, 0.15) is 5.75 Å². The first kappa shape index (κ1) is 12.8. The van der Waals surface area contributed by atoms with Gasteiger partial charge in [-0.1, -0.05) is 6.92 Å². The Morgan fingerprint density at radius 1 is 1.62 bits per heavy atom. The molecule has 0 saturated heterocycles. The molecule has 0 aliphatic heterocycles. The van der Waals surface area contributed by atoms with Crippen LogP contribution in [0.5, 0.6) is 5.75 Å². The van der Waals surface area contributed by atoms with E-state index >= 15 is 0 Å². The lowest BCUT2D eigenvalue weighted by molar-refractivity contribution is 0.0928. The molecule has 2 N–H and O–H groups in total. The molecule has 0 aromatic carbocycles. The number of hydrogen-bond donors (Lipinski definition) is 2. The van der Waals surface area contributed by atoms with Crippen LogP contribution in [0.3, 0.4) is 0 Å². The van der Waals surface area contributed by atoms with E-state index in [9.17, 15) is 9.90 Å². The molecule has 2 unspecified atom stereocenters. The van der Waals surface area contributed by atoms with Gasteiger partial charge in [-0.25, -0.2) is 0 Å². The molecule has 88 valence electrons. The van der Waals surface area contributed by atoms with E-state index in [1.807, 2.05) is 13.8 Å². The number of halogens is 1. The summed E-state index contributed by atoms with van der Waals surface area (Å²) >= 11 is 5.70. The van der Waals surface area contributed by atoms with E-state index < -0.39 is 0 Å². The Labute approximate surface area is 99.6 Å². The van der Waals surface area contributed by atoms with Crippen LogP contribution >= 0.6 is 11.6 Å². The molecule has 2 atom stereocenters. The van der Waals surface area contributed by atoms with E-state index in [0.29, 0.717) is 5.88 Å². The average molecular weight is 243 g/mol. The third-order valence-electron chi connectivity index (χ3n) is 2.50. The van der Waals surface area contributed by atoms with Crippen LogP contribution in [0.15, 0.2) is 18.5 Å². The number of aromatic nitrogens is 1. The summed E-state index contributed by atoms with van der Waals surface area (Å²) in [6, 6.07) is 1.43. The molecule has 0 saturated carbocycles. The first-order chi connectivity index (χ1) is 7.56. The summed E-state index contributed by atoms with van der Waals surface area (Å²) in [5.74, 6) is 0.216. The van der Waals surface area contributed by atoms with Gasteiger partial charge in [-0.15, -0.1) is 11.6 Å². The van der Waals surface area contributed by atoms with Gasteiger partial charge in [0.15, 0.2) is 0 Å². The SMILES string of the molecule is CC(CCl)C(C)NC(=O)c1ccncc1O. The number of nitrogens with zero attached hydrogens (tertiary/aromatic N) is 1. The molecule has 1 amide bonds. The largest absolute Gasteiger partial charge is 0.505 e. The number of carbonyl (C=O) groups is 1. The van der Waals surface area contributed by atoms with Gasteiger partial charge in [-0.05, 0) is 18.9 Å². The standard InChI is InChI=1S/C11H15ClN2O2/c1-7(5-12)8(2)14-11(16)9-3-4-13-6-10(9)15/h3-4,6-8,15H,5H2,1-2H3,(H,14,16). The minimum Gasteiger partial charge on any atom is -0.505 e. The van der Waals surface area contributed by atoms with Crippen molar-refractivity contribution in [2.24, 2.45) is 5.92 Å². The zero-order chi connectivity index (χ0) is 12.1. The van der Waals surface area contributed by atoms with E-state index in [-0.39, 0.29) is 29.2 Å². The van der Waals surface area contributed by atoms with Gasteiger partial charge in [0, 0.05) is 18.1 Å². The van der Waals surface area contributed by atoms with Crippen LogP contribution in [-0.4, -0.2) is 27.9 Å². The molecule has 16 heavy (non-hydrogen) atoms. The normalized spacial score (nSPS) is 14.2. The summed E-state index contributed by atoms with van der Waals surface area (Å²) in [6.07, 6.45) is 2.70. The van der Waals surface area contributed by atoms with Gasteiger partial charge in [0.2, 0.25) is 0 Å². The van der Waals surface area contributed by atoms with E-state index in [1.165, 1.54) is 18.5 Å². The quantitative estimate of drug-likeness (QED) is 0.792. The molecule has 1 rings (SSSR count). The van der Waals surface area contributed by atoms with Crippen LogP contribution in [0.2, 0.25) is 0 Å². The van der Waals surface area contributed by atoms with Crippen molar-refractivity contribution in [1.82, 2.24) is 10.3 Å². The van der Waals surface area contributed by atoms with Crippen LogP contribution in [-0.2, 0) is 0 Å². The van der Waals surface area contributed by atoms with Crippen molar-refractivity contribution in [1.29, 1.82) is 0 Å². The Kier molecular flexibility index (Phi) is 4.55. The van der Waals surface area contributed by atoms with Crippen molar-refractivity contribution >= 4 is 17.5 Å². The number of rotatable bonds is 4. The lowest BCUT2D eigenvalue weighted by atomic mass is 10.1. The van der Waals surface area contributed by atoms with Crippen LogP contribution in [0, 0.1) is 5.92 Å². The molecule has 0 radical (unpaired) electrons. The number of amides is 1. The van der Waals surface area contributed by atoms with Gasteiger partial charge in [0.25, 0.3) is 5.91 Å². The molecule has 1 aromatic rings. The molecular formula is C11H15ClN2O2. The third kappa shape index (κ3) is 3.10. The number of pyridine rings is 1. The Morgan fingerprint density at radius 3 is 2.88 bits per heavy atom. The highest BCUT2D eigenvalue weighted by Gasteiger charge is 2.16. The number of alkyl halides is 1. The van der Waals surface area contributed by atoms with Crippen LogP contribution < -0.4 is 5.32 Å². The van der Waals surface area contributed by atoms with Crippen molar-refractivity contribution in [3.63, 3.8) is 0 Å². The number of aromatic hydroxyl groups is 1. The van der Waals surface area contributed by atoms with Crippen LogP contribution in [0.4, 0.5) is 0 Å².